The fraction of sp³-hybridized carbons (Fsp3) is 0.304. The summed E-state index contributed by atoms with van der Waals surface area (Å²) in [6.07, 6.45) is 2.53. The number of sulfone groups is 1. The molecule has 3 rings (SSSR count). The SMILES string of the molecule is Cc1ccc2c(n1)c(CCc1ccc(S(C)(=O)=O)cc1)c(C)n2C/C(F)=C/CNC(=O)O. The number of allylic oxidation sites excluding steroid dienone is 1. The lowest BCUT2D eigenvalue weighted by Gasteiger charge is -2.08. The molecule has 0 saturated carbocycles. The standard InChI is InChI=1S/C23H26FN3O4S/c1-15-4-11-21-22(26-15)20(10-7-17-5-8-19(9-6-17)32(3,30)31)16(2)27(21)14-18(24)12-13-25-23(28)29/h4-6,8-9,11-12,25H,7,10,13-14H2,1-3H3,(H,28,29)/b18-12-. The van der Waals surface area contributed by atoms with Crippen LogP contribution in [0.25, 0.3) is 11.0 Å². The summed E-state index contributed by atoms with van der Waals surface area (Å²) in [6.45, 7) is 3.70. The van der Waals surface area contributed by atoms with E-state index in [9.17, 15) is 17.6 Å². The van der Waals surface area contributed by atoms with Gasteiger partial charge in [0.2, 0.25) is 0 Å². The van der Waals surface area contributed by atoms with Crippen molar-refractivity contribution < 1.29 is 22.7 Å². The molecule has 0 bridgehead atoms. The van der Waals surface area contributed by atoms with Gasteiger partial charge in [-0.2, -0.15) is 0 Å². The van der Waals surface area contributed by atoms with E-state index in [1.165, 1.54) is 12.3 Å². The average Bonchev–Trinajstić information content (AvgIpc) is 2.96. The third-order valence-corrected chi connectivity index (χ3v) is 6.46. The Kier molecular flexibility index (Phi) is 6.98. The zero-order valence-corrected chi connectivity index (χ0v) is 19.0. The molecule has 170 valence electrons. The second-order valence-corrected chi connectivity index (χ2v) is 9.74. The van der Waals surface area contributed by atoms with E-state index in [0.717, 1.165) is 33.5 Å². The molecule has 0 unspecified atom stereocenters. The lowest BCUT2D eigenvalue weighted by molar-refractivity contribution is 0.195. The van der Waals surface area contributed by atoms with Crippen LogP contribution in [0.15, 0.2) is 53.2 Å². The Morgan fingerprint density at radius 1 is 1.16 bits per heavy atom. The van der Waals surface area contributed by atoms with Gasteiger partial charge in [0.1, 0.15) is 5.83 Å². The van der Waals surface area contributed by atoms with Crippen LogP contribution in [-0.4, -0.2) is 42.0 Å². The molecule has 0 saturated heterocycles. The number of halogens is 1. The average molecular weight is 460 g/mol. The molecule has 32 heavy (non-hydrogen) atoms. The molecule has 0 atom stereocenters. The highest BCUT2D eigenvalue weighted by atomic mass is 32.2. The van der Waals surface area contributed by atoms with Crippen molar-refractivity contribution in [2.24, 2.45) is 0 Å². The first-order chi connectivity index (χ1) is 15.1. The molecule has 0 radical (unpaired) electrons. The molecule has 2 heterocycles. The Morgan fingerprint density at radius 2 is 1.84 bits per heavy atom. The zero-order valence-electron chi connectivity index (χ0n) is 18.2. The second-order valence-electron chi connectivity index (χ2n) is 7.72. The van der Waals surface area contributed by atoms with Crippen molar-refractivity contribution in [3.05, 3.63) is 70.8 Å². The minimum atomic E-state index is -3.24. The smallest absolute Gasteiger partial charge is 0.404 e. The molecule has 1 aromatic carbocycles. The van der Waals surface area contributed by atoms with Crippen molar-refractivity contribution in [1.82, 2.24) is 14.9 Å². The van der Waals surface area contributed by atoms with E-state index in [1.807, 2.05) is 30.5 Å². The van der Waals surface area contributed by atoms with Crippen LogP contribution in [0.3, 0.4) is 0 Å². The molecule has 0 aliphatic heterocycles. The van der Waals surface area contributed by atoms with E-state index in [0.29, 0.717) is 12.8 Å². The Morgan fingerprint density at radius 3 is 2.47 bits per heavy atom. The normalized spacial score (nSPS) is 12.3. The van der Waals surface area contributed by atoms with Gasteiger partial charge in [-0.05, 0) is 68.2 Å². The fourth-order valence-electron chi connectivity index (χ4n) is 3.64. The molecule has 0 spiro atoms. The molecule has 2 N–H and O–H groups in total. The van der Waals surface area contributed by atoms with Crippen molar-refractivity contribution in [2.75, 3.05) is 12.8 Å². The number of carbonyl (C=O) groups is 1. The largest absolute Gasteiger partial charge is 0.465 e. The first-order valence-corrected chi connectivity index (χ1v) is 12.0. The predicted octanol–water partition coefficient (Wildman–Crippen LogP) is 3.96. The van der Waals surface area contributed by atoms with Gasteiger partial charge in [-0.1, -0.05) is 12.1 Å². The molecule has 1 amide bonds. The Bertz CT molecular complexity index is 1280. The molecule has 9 heteroatoms. The van der Waals surface area contributed by atoms with E-state index < -0.39 is 21.8 Å². The third-order valence-electron chi connectivity index (χ3n) is 5.33. The van der Waals surface area contributed by atoms with Crippen LogP contribution in [0, 0.1) is 13.8 Å². The predicted molar refractivity (Wildman–Crippen MR) is 121 cm³/mol. The molecular weight excluding hydrogens is 433 g/mol. The summed E-state index contributed by atoms with van der Waals surface area (Å²) >= 11 is 0. The number of hydrogen-bond donors (Lipinski definition) is 2. The number of aromatic nitrogens is 2. The van der Waals surface area contributed by atoms with Crippen LogP contribution < -0.4 is 5.32 Å². The quantitative estimate of drug-likeness (QED) is 0.531. The van der Waals surface area contributed by atoms with Crippen LogP contribution in [-0.2, 0) is 29.2 Å². The summed E-state index contributed by atoms with van der Waals surface area (Å²) in [6, 6.07) is 10.6. The number of benzene rings is 1. The Labute approximate surface area is 186 Å². The third kappa shape index (κ3) is 5.53. The fourth-order valence-corrected chi connectivity index (χ4v) is 4.28. The lowest BCUT2D eigenvalue weighted by atomic mass is 10.0. The lowest BCUT2D eigenvalue weighted by Crippen LogP contribution is -2.20. The van der Waals surface area contributed by atoms with Crippen molar-refractivity contribution in [2.45, 2.75) is 38.1 Å². The minimum absolute atomic E-state index is 0.0164. The van der Waals surface area contributed by atoms with Gasteiger partial charge in [0.15, 0.2) is 9.84 Å². The monoisotopic (exact) mass is 459 g/mol. The first-order valence-electron chi connectivity index (χ1n) is 10.1. The molecule has 7 nitrogen and oxygen atoms in total. The summed E-state index contributed by atoms with van der Waals surface area (Å²) in [5, 5.41) is 10.8. The van der Waals surface area contributed by atoms with Gasteiger partial charge in [0, 0.05) is 24.2 Å². The number of amides is 1. The summed E-state index contributed by atoms with van der Waals surface area (Å²) < 4.78 is 39.6. The number of carboxylic acid groups (broad SMARTS) is 1. The number of aryl methyl sites for hydroxylation is 3. The van der Waals surface area contributed by atoms with Gasteiger partial charge in [0.05, 0.1) is 22.5 Å². The molecule has 0 aliphatic carbocycles. The van der Waals surface area contributed by atoms with Gasteiger partial charge in [0.25, 0.3) is 0 Å². The highest BCUT2D eigenvalue weighted by molar-refractivity contribution is 7.90. The van der Waals surface area contributed by atoms with Crippen molar-refractivity contribution in [1.29, 1.82) is 0 Å². The van der Waals surface area contributed by atoms with Crippen molar-refractivity contribution >= 4 is 27.0 Å². The van der Waals surface area contributed by atoms with E-state index >= 15 is 0 Å². The van der Waals surface area contributed by atoms with Crippen molar-refractivity contribution in [3.63, 3.8) is 0 Å². The van der Waals surface area contributed by atoms with E-state index in [4.69, 9.17) is 5.11 Å². The summed E-state index contributed by atoms with van der Waals surface area (Å²) in [7, 11) is -3.24. The van der Waals surface area contributed by atoms with E-state index in [1.54, 1.807) is 24.3 Å². The summed E-state index contributed by atoms with van der Waals surface area (Å²) in [5.74, 6) is -0.442. The maximum Gasteiger partial charge on any atom is 0.404 e. The number of rotatable bonds is 8. The molecule has 0 fully saturated rings. The van der Waals surface area contributed by atoms with Gasteiger partial charge in [-0.25, -0.2) is 17.6 Å². The Hall–Kier alpha value is -3.20. The van der Waals surface area contributed by atoms with Crippen LogP contribution in [0.1, 0.15) is 22.5 Å². The maximum absolute atomic E-state index is 14.5. The maximum atomic E-state index is 14.5. The first kappa shape index (κ1) is 23.5. The zero-order chi connectivity index (χ0) is 23.5. The highest BCUT2D eigenvalue weighted by Crippen LogP contribution is 2.27. The van der Waals surface area contributed by atoms with Crippen LogP contribution in [0.4, 0.5) is 9.18 Å². The summed E-state index contributed by atoms with van der Waals surface area (Å²) in [4.78, 5) is 15.5. The second kappa shape index (κ2) is 9.52. The summed E-state index contributed by atoms with van der Waals surface area (Å²) in [5.41, 5.74) is 5.37. The van der Waals surface area contributed by atoms with Gasteiger partial charge < -0.3 is 15.0 Å². The van der Waals surface area contributed by atoms with E-state index in [-0.39, 0.29) is 18.0 Å². The van der Waals surface area contributed by atoms with Gasteiger partial charge in [-0.15, -0.1) is 0 Å². The molecule has 3 aromatic rings. The molecular formula is C23H26FN3O4S. The topological polar surface area (TPSA) is 101 Å². The van der Waals surface area contributed by atoms with Crippen LogP contribution in [0.5, 0.6) is 0 Å². The molecule has 2 aromatic heterocycles. The van der Waals surface area contributed by atoms with Crippen LogP contribution >= 0.6 is 0 Å². The highest BCUT2D eigenvalue weighted by Gasteiger charge is 2.17. The molecule has 0 aliphatic rings. The number of fused-ring (bicyclic) bond motifs is 1. The van der Waals surface area contributed by atoms with Crippen LogP contribution in [0.2, 0.25) is 0 Å². The number of hydrogen-bond acceptors (Lipinski definition) is 4. The number of nitrogens with one attached hydrogen (secondary N) is 1. The minimum Gasteiger partial charge on any atom is -0.465 e. The number of pyridine rings is 1. The number of nitrogens with zero attached hydrogens (tertiary/aromatic N) is 2. The Balaban J connectivity index is 1.87. The van der Waals surface area contributed by atoms with Gasteiger partial charge in [-0.3, -0.25) is 4.98 Å². The van der Waals surface area contributed by atoms with Crippen molar-refractivity contribution in [3.8, 4) is 0 Å². The van der Waals surface area contributed by atoms with E-state index in [2.05, 4.69) is 10.3 Å². The van der Waals surface area contributed by atoms with Gasteiger partial charge >= 0.3 is 6.09 Å².